The molecule has 0 amide bonds. The summed E-state index contributed by atoms with van der Waals surface area (Å²) in [5, 5.41) is 0. The summed E-state index contributed by atoms with van der Waals surface area (Å²) in [5.74, 6) is 2.67. The average Bonchev–Trinajstić information content (AvgIpc) is 3.36. The van der Waals surface area contributed by atoms with Gasteiger partial charge in [0.25, 0.3) is 0 Å². The first-order chi connectivity index (χ1) is 22.7. The number of hydrogen-bond acceptors (Lipinski definition) is 6. The van der Waals surface area contributed by atoms with E-state index in [0.29, 0.717) is 55.2 Å². The van der Waals surface area contributed by atoms with Gasteiger partial charge in [-0.05, 0) is 91.8 Å². The van der Waals surface area contributed by atoms with E-state index in [4.69, 9.17) is 28.9 Å². The summed E-state index contributed by atoms with van der Waals surface area (Å²) in [6.45, 7) is 5.97. The van der Waals surface area contributed by atoms with Gasteiger partial charge in [0.1, 0.15) is 29.4 Å². The highest BCUT2D eigenvalue weighted by Gasteiger charge is 2.31. The topological polar surface area (TPSA) is 67.6 Å². The maximum Gasteiger partial charge on any atom is 0.416 e. The Balaban J connectivity index is 1.28. The average molecular weight is 644 g/mol. The highest BCUT2D eigenvalue weighted by atomic mass is 19.4. The summed E-state index contributed by atoms with van der Waals surface area (Å²) in [6.07, 6.45) is -1.90. The number of alkyl halides is 3. The molecule has 7 nitrogen and oxygen atoms in total. The predicted octanol–water partition coefficient (Wildman–Crippen LogP) is 8.03. The lowest BCUT2D eigenvalue weighted by Gasteiger charge is -2.27. The minimum absolute atomic E-state index is 0.116. The van der Waals surface area contributed by atoms with Crippen LogP contribution < -0.4 is 14.2 Å². The van der Waals surface area contributed by atoms with E-state index in [1.807, 2.05) is 38.1 Å². The van der Waals surface area contributed by atoms with Crippen LogP contribution in [0, 0.1) is 13.8 Å². The molecule has 1 unspecified atom stereocenters. The van der Waals surface area contributed by atoms with E-state index in [-0.39, 0.29) is 12.7 Å². The van der Waals surface area contributed by atoms with Crippen molar-refractivity contribution in [2.75, 3.05) is 20.3 Å². The highest BCUT2D eigenvalue weighted by molar-refractivity contribution is 5.83. The molecule has 0 N–H and O–H groups in total. The molecule has 2 aliphatic heterocycles. The summed E-state index contributed by atoms with van der Waals surface area (Å²) in [4.78, 5) is 9.84. The first kappa shape index (κ1) is 31.1. The molecule has 47 heavy (non-hydrogen) atoms. The number of imidazole rings is 1. The fourth-order valence-electron chi connectivity index (χ4n) is 6.38. The van der Waals surface area contributed by atoms with Gasteiger partial charge in [-0.2, -0.15) is 13.2 Å². The van der Waals surface area contributed by atoms with Gasteiger partial charge in [-0.25, -0.2) is 9.97 Å². The zero-order valence-corrected chi connectivity index (χ0v) is 26.6. The van der Waals surface area contributed by atoms with Crippen molar-refractivity contribution in [2.45, 2.75) is 65.0 Å². The maximum absolute atomic E-state index is 13.6. The van der Waals surface area contributed by atoms with E-state index < -0.39 is 11.7 Å². The lowest BCUT2D eigenvalue weighted by atomic mass is 9.98. The van der Waals surface area contributed by atoms with Crippen LogP contribution in [0.1, 0.15) is 52.0 Å². The van der Waals surface area contributed by atoms with Crippen LogP contribution in [0.4, 0.5) is 13.2 Å². The molecule has 1 saturated heterocycles. The minimum Gasteiger partial charge on any atom is -0.494 e. The van der Waals surface area contributed by atoms with E-state index in [0.717, 1.165) is 69.6 Å². The Kier molecular flexibility index (Phi) is 8.30. The van der Waals surface area contributed by atoms with Crippen molar-refractivity contribution in [3.8, 4) is 28.6 Å². The predicted molar refractivity (Wildman–Crippen MR) is 172 cm³/mol. The molecule has 5 aromatic rings. The lowest BCUT2D eigenvalue weighted by molar-refractivity contribution is -0.137. The van der Waals surface area contributed by atoms with E-state index >= 15 is 0 Å². The van der Waals surface area contributed by atoms with Crippen LogP contribution in [-0.2, 0) is 36.9 Å². The highest BCUT2D eigenvalue weighted by Crippen LogP contribution is 2.36. The quantitative estimate of drug-likeness (QED) is 0.193. The normalized spacial score (nSPS) is 16.4. The smallest absolute Gasteiger partial charge is 0.416 e. The molecule has 7 rings (SSSR count). The fourth-order valence-corrected chi connectivity index (χ4v) is 6.38. The van der Waals surface area contributed by atoms with E-state index in [1.54, 1.807) is 13.2 Å². The zero-order chi connectivity index (χ0) is 32.7. The Morgan fingerprint density at radius 1 is 0.957 bits per heavy atom. The SMILES string of the molecule is COc1cc(C)cc2c1nc(Cc1cc(C)c3cc1OCCCc1cc(C(F)(F)F)ccc1COc1cccc-3n1)n2CC1CCO1. The van der Waals surface area contributed by atoms with Gasteiger partial charge in [-0.3, -0.25) is 0 Å². The summed E-state index contributed by atoms with van der Waals surface area (Å²) < 4.78 is 67.0. The number of rotatable bonds is 5. The van der Waals surface area contributed by atoms with Gasteiger partial charge in [-0.1, -0.05) is 18.2 Å². The van der Waals surface area contributed by atoms with Crippen LogP contribution in [0.15, 0.2) is 60.7 Å². The number of fused-ring (bicyclic) bond motifs is 7. The number of ether oxygens (including phenoxy) is 4. The molecule has 10 heteroatoms. The van der Waals surface area contributed by atoms with Crippen molar-refractivity contribution in [3.05, 3.63) is 99.9 Å². The molecular formula is C37H36F3N3O4. The summed E-state index contributed by atoms with van der Waals surface area (Å²) >= 11 is 0. The minimum atomic E-state index is -4.43. The Hall–Kier alpha value is -4.57. The van der Waals surface area contributed by atoms with Crippen molar-refractivity contribution in [1.29, 1.82) is 0 Å². The van der Waals surface area contributed by atoms with Crippen molar-refractivity contribution in [1.82, 2.24) is 14.5 Å². The summed E-state index contributed by atoms with van der Waals surface area (Å²) in [6, 6.07) is 17.6. The Bertz CT molecular complexity index is 1950. The van der Waals surface area contributed by atoms with Crippen LogP contribution in [0.3, 0.4) is 0 Å². The number of methoxy groups -OCH3 is 1. The van der Waals surface area contributed by atoms with E-state index in [2.05, 4.69) is 16.7 Å². The molecule has 3 aromatic carbocycles. The monoisotopic (exact) mass is 643 g/mol. The summed E-state index contributed by atoms with van der Waals surface area (Å²) in [7, 11) is 1.66. The second-order valence-corrected chi connectivity index (χ2v) is 12.3. The van der Waals surface area contributed by atoms with Crippen LogP contribution in [-0.4, -0.2) is 41.0 Å². The number of aryl methyl sites for hydroxylation is 3. The van der Waals surface area contributed by atoms with Gasteiger partial charge in [0.05, 0.1) is 43.1 Å². The number of benzene rings is 3. The van der Waals surface area contributed by atoms with Crippen LogP contribution in [0.25, 0.3) is 22.3 Å². The maximum atomic E-state index is 13.6. The third-order valence-corrected chi connectivity index (χ3v) is 8.95. The summed E-state index contributed by atoms with van der Waals surface area (Å²) in [5.41, 5.74) is 7.08. The van der Waals surface area contributed by atoms with Gasteiger partial charge in [0.15, 0.2) is 0 Å². The number of pyridine rings is 1. The van der Waals surface area contributed by atoms with Crippen LogP contribution >= 0.6 is 0 Å². The van der Waals surface area contributed by atoms with Crippen LogP contribution in [0.2, 0.25) is 0 Å². The number of aromatic nitrogens is 3. The van der Waals surface area contributed by atoms with Gasteiger partial charge in [-0.15, -0.1) is 0 Å². The van der Waals surface area contributed by atoms with Gasteiger partial charge in [0.2, 0.25) is 5.88 Å². The number of nitrogens with zero attached hydrogens (tertiary/aromatic N) is 3. The third-order valence-electron chi connectivity index (χ3n) is 8.95. The van der Waals surface area contributed by atoms with Crippen molar-refractivity contribution in [3.63, 3.8) is 0 Å². The van der Waals surface area contributed by atoms with Gasteiger partial charge >= 0.3 is 6.18 Å². The Morgan fingerprint density at radius 3 is 2.57 bits per heavy atom. The van der Waals surface area contributed by atoms with E-state index in [9.17, 15) is 13.2 Å². The zero-order valence-electron chi connectivity index (χ0n) is 26.6. The van der Waals surface area contributed by atoms with Crippen molar-refractivity contribution in [2.24, 2.45) is 0 Å². The van der Waals surface area contributed by atoms with Crippen LogP contribution in [0.5, 0.6) is 17.4 Å². The second kappa shape index (κ2) is 12.6. The number of hydrogen-bond donors (Lipinski definition) is 0. The molecule has 244 valence electrons. The molecule has 4 bridgehead atoms. The van der Waals surface area contributed by atoms with Gasteiger partial charge in [0, 0.05) is 30.2 Å². The standard InChI is InChI=1S/C37H36F3N3O4/c1-22-14-31-36(33(15-22)44-3)42-34(43(31)20-28-11-13-45-28)18-26-16-23(2)29-19-32(26)46-12-5-6-24-17-27(37(38,39)40)10-9-25(24)21-47-35-8-4-7-30(29)41-35/h4,7-10,14-17,19,28H,5-6,11-13,18,20-21H2,1-3H3. The molecule has 2 aliphatic rings. The molecule has 1 atom stereocenters. The Labute approximate surface area is 271 Å². The molecule has 1 fully saturated rings. The van der Waals surface area contributed by atoms with Crippen molar-refractivity contribution >= 4 is 11.0 Å². The molecule has 4 heterocycles. The van der Waals surface area contributed by atoms with E-state index in [1.165, 1.54) is 12.1 Å². The Morgan fingerprint density at radius 2 is 1.81 bits per heavy atom. The first-order valence-corrected chi connectivity index (χ1v) is 15.9. The van der Waals surface area contributed by atoms with Crippen molar-refractivity contribution < 1.29 is 32.1 Å². The lowest BCUT2D eigenvalue weighted by Crippen LogP contribution is -2.31. The molecule has 0 aliphatic carbocycles. The molecule has 2 aromatic heterocycles. The largest absolute Gasteiger partial charge is 0.494 e. The fraction of sp³-hybridized carbons (Fsp3) is 0.351. The third kappa shape index (κ3) is 6.39. The van der Waals surface area contributed by atoms with Gasteiger partial charge < -0.3 is 23.5 Å². The first-order valence-electron chi connectivity index (χ1n) is 15.9. The molecule has 0 spiro atoms. The molecule has 0 saturated carbocycles. The number of halogens is 3. The second-order valence-electron chi connectivity index (χ2n) is 12.3. The molecule has 0 radical (unpaired) electrons. The molecular weight excluding hydrogens is 607 g/mol.